The minimum Gasteiger partial charge on any atom is -0.473 e. The van der Waals surface area contributed by atoms with Crippen LogP contribution in [0.25, 0.3) is 17.1 Å². The fraction of sp³-hybridized carbons (Fsp3) is 0.182. The highest BCUT2D eigenvalue weighted by Crippen LogP contribution is 2.29. The second-order valence-electron chi connectivity index (χ2n) is 6.94. The van der Waals surface area contributed by atoms with Crippen LogP contribution < -0.4 is 10.1 Å². The number of aryl methyl sites for hydroxylation is 1. The third-order valence-electron chi connectivity index (χ3n) is 4.35. The second kappa shape index (κ2) is 8.20. The Morgan fingerprint density at radius 3 is 2.67 bits per heavy atom. The number of anilines is 1. The van der Waals surface area contributed by atoms with Crippen molar-refractivity contribution in [2.45, 2.75) is 26.9 Å². The highest BCUT2D eigenvalue weighted by Gasteiger charge is 2.23. The Hall–Kier alpha value is -3.94. The number of amides is 1. The summed E-state index contributed by atoms with van der Waals surface area (Å²) in [6.07, 6.45) is 4.97. The first-order valence-electron chi connectivity index (χ1n) is 9.52. The average molecular weight is 403 g/mol. The van der Waals surface area contributed by atoms with Gasteiger partial charge in [-0.1, -0.05) is 35.5 Å². The number of carbonyl (C=O) groups is 1. The van der Waals surface area contributed by atoms with Crippen molar-refractivity contribution in [2.75, 3.05) is 5.32 Å². The van der Waals surface area contributed by atoms with E-state index in [-0.39, 0.29) is 12.0 Å². The van der Waals surface area contributed by atoms with Crippen molar-refractivity contribution >= 4 is 11.6 Å². The monoisotopic (exact) mass is 403 g/mol. The van der Waals surface area contributed by atoms with Gasteiger partial charge >= 0.3 is 0 Å². The molecule has 0 bridgehead atoms. The van der Waals surface area contributed by atoms with Crippen molar-refractivity contribution in [3.05, 3.63) is 72.5 Å². The van der Waals surface area contributed by atoms with Gasteiger partial charge in [-0.2, -0.15) is 4.98 Å². The quantitative estimate of drug-likeness (QED) is 0.517. The van der Waals surface area contributed by atoms with Gasteiger partial charge in [-0.3, -0.25) is 9.36 Å². The molecular formula is C22H21N5O3. The summed E-state index contributed by atoms with van der Waals surface area (Å²) < 4.78 is 12.9. The predicted molar refractivity (Wildman–Crippen MR) is 112 cm³/mol. The van der Waals surface area contributed by atoms with Crippen molar-refractivity contribution in [2.24, 2.45) is 0 Å². The zero-order valence-electron chi connectivity index (χ0n) is 16.9. The molecule has 8 heteroatoms. The summed E-state index contributed by atoms with van der Waals surface area (Å²) >= 11 is 0. The Balaban J connectivity index is 1.68. The molecule has 0 aliphatic heterocycles. The minimum absolute atomic E-state index is 0.122. The van der Waals surface area contributed by atoms with E-state index in [2.05, 4.69) is 20.4 Å². The van der Waals surface area contributed by atoms with E-state index in [1.165, 1.54) is 0 Å². The van der Waals surface area contributed by atoms with Gasteiger partial charge in [0.15, 0.2) is 0 Å². The normalized spacial score (nSPS) is 10.9. The molecule has 4 aromatic rings. The third kappa shape index (κ3) is 3.93. The van der Waals surface area contributed by atoms with E-state index in [0.717, 1.165) is 5.56 Å². The fourth-order valence-electron chi connectivity index (χ4n) is 2.99. The Morgan fingerprint density at radius 2 is 1.97 bits per heavy atom. The number of carbonyl (C=O) groups excluding carboxylic acids is 1. The molecule has 0 atom stereocenters. The summed E-state index contributed by atoms with van der Waals surface area (Å²) in [7, 11) is 0. The molecule has 3 heterocycles. The van der Waals surface area contributed by atoms with Gasteiger partial charge in [0, 0.05) is 18.0 Å². The molecule has 0 saturated carbocycles. The minimum atomic E-state index is -0.349. The summed E-state index contributed by atoms with van der Waals surface area (Å²) in [5.41, 5.74) is 2.11. The van der Waals surface area contributed by atoms with Gasteiger partial charge in [0.2, 0.25) is 5.88 Å². The van der Waals surface area contributed by atoms with E-state index in [1.807, 2.05) is 44.2 Å². The number of hydrogen-bond acceptors (Lipinski definition) is 6. The molecule has 1 N–H and O–H groups in total. The van der Waals surface area contributed by atoms with Gasteiger partial charge in [0.1, 0.15) is 34.9 Å². The van der Waals surface area contributed by atoms with Crippen molar-refractivity contribution in [3.8, 4) is 23.0 Å². The summed E-state index contributed by atoms with van der Waals surface area (Å²) in [4.78, 5) is 21.7. The van der Waals surface area contributed by atoms with Crippen molar-refractivity contribution < 1.29 is 14.1 Å². The average Bonchev–Trinajstić information content (AvgIpc) is 3.39. The molecule has 4 rings (SSSR count). The summed E-state index contributed by atoms with van der Waals surface area (Å²) in [5, 5.41) is 6.96. The lowest BCUT2D eigenvalue weighted by Crippen LogP contribution is -2.17. The summed E-state index contributed by atoms with van der Waals surface area (Å²) in [6.45, 7) is 5.50. The van der Waals surface area contributed by atoms with Gasteiger partial charge in [-0.05, 0) is 32.9 Å². The van der Waals surface area contributed by atoms with Crippen LogP contribution in [-0.4, -0.2) is 31.7 Å². The molecule has 0 unspecified atom stereocenters. The molecule has 0 aliphatic rings. The molecule has 152 valence electrons. The van der Waals surface area contributed by atoms with Crippen LogP contribution in [0.2, 0.25) is 0 Å². The molecule has 1 aromatic carbocycles. The van der Waals surface area contributed by atoms with E-state index >= 15 is 0 Å². The molecule has 0 saturated heterocycles. The molecule has 3 aromatic heterocycles. The number of pyridine rings is 1. The van der Waals surface area contributed by atoms with Crippen molar-refractivity contribution in [1.29, 1.82) is 0 Å². The standard InChI is InChI=1S/C22H21N5O3/c1-14(2)29-22-17(9-10-18(25-22)27-12-11-23-13-27)24-21(28)19-15(3)30-26-20(19)16-7-5-4-6-8-16/h4-14H,1-3H3,(H,24,28). The molecule has 0 fully saturated rings. The molecule has 1 amide bonds. The van der Waals surface area contributed by atoms with Crippen LogP contribution in [0.5, 0.6) is 5.88 Å². The number of aromatic nitrogens is 4. The van der Waals surface area contributed by atoms with Gasteiger partial charge in [-0.25, -0.2) is 4.98 Å². The van der Waals surface area contributed by atoms with E-state index in [4.69, 9.17) is 9.26 Å². The zero-order valence-corrected chi connectivity index (χ0v) is 16.9. The number of rotatable bonds is 6. The number of benzene rings is 1. The first-order valence-corrected chi connectivity index (χ1v) is 9.52. The number of imidazole rings is 1. The molecule has 0 radical (unpaired) electrons. The summed E-state index contributed by atoms with van der Waals surface area (Å²) in [5.74, 6) is 1.03. The van der Waals surface area contributed by atoms with Crippen molar-refractivity contribution in [1.82, 2.24) is 19.7 Å². The maximum Gasteiger partial charge on any atom is 0.261 e. The van der Waals surface area contributed by atoms with Crippen LogP contribution >= 0.6 is 0 Å². The summed E-state index contributed by atoms with van der Waals surface area (Å²) in [6, 6.07) is 13.0. The molecule has 0 aliphatic carbocycles. The van der Waals surface area contributed by atoms with Crippen LogP contribution in [0.15, 0.2) is 65.7 Å². The predicted octanol–water partition coefficient (Wildman–Crippen LogP) is 4.27. The highest BCUT2D eigenvalue weighted by molar-refractivity contribution is 6.09. The zero-order chi connectivity index (χ0) is 21.1. The van der Waals surface area contributed by atoms with Gasteiger partial charge < -0.3 is 14.6 Å². The first-order chi connectivity index (χ1) is 14.5. The van der Waals surface area contributed by atoms with Gasteiger partial charge in [0.05, 0.1) is 6.10 Å². The van der Waals surface area contributed by atoms with Gasteiger partial charge in [0.25, 0.3) is 5.91 Å². The maximum atomic E-state index is 13.1. The van der Waals surface area contributed by atoms with Crippen LogP contribution in [0.3, 0.4) is 0 Å². The molecule has 30 heavy (non-hydrogen) atoms. The highest BCUT2D eigenvalue weighted by atomic mass is 16.5. The van der Waals surface area contributed by atoms with Crippen LogP contribution in [0.1, 0.15) is 30.0 Å². The fourth-order valence-corrected chi connectivity index (χ4v) is 2.99. The topological polar surface area (TPSA) is 95.1 Å². The van der Waals surface area contributed by atoms with E-state index in [1.54, 1.807) is 42.3 Å². The smallest absolute Gasteiger partial charge is 0.261 e. The molecule has 0 spiro atoms. The van der Waals surface area contributed by atoms with Crippen LogP contribution in [-0.2, 0) is 0 Å². The number of ether oxygens (including phenoxy) is 1. The SMILES string of the molecule is Cc1onc(-c2ccccc2)c1C(=O)Nc1ccc(-n2ccnc2)nc1OC(C)C. The Kier molecular flexibility index (Phi) is 5.30. The lowest BCUT2D eigenvalue weighted by Gasteiger charge is -2.15. The molecule has 8 nitrogen and oxygen atoms in total. The van der Waals surface area contributed by atoms with Crippen molar-refractivity contribution in [3.63, 3.8) is 0 Å². The Morgan fingerprint density at radius 1 is 1.17 bits per heavy atom. The van der Waals surface area contributed by atoms with E-state index in [9.17, 15) is 4.79 Å². The van der Waals surface area contributed by atoms with E-state index < -0.39 is 0 Å². The first kappa shape index (κ1) is 19.4. The third-order valence-corrected chi connectivity index (χ3v) is 4.35. The largest absolute Gasteiger partial charge is 0.473 e. The number of nitrogens with zero attached hydrogens (tertiary/aromatic N) is 4. The maximum absolute atomic E-state index is 13.1. The van der Waals surface area contributed by atoms with Crippen LogP contribution in [0, 0.1) is 6.92 Å². The Labute approximate surface area is 173 Å². The lowest BCUT2D eigenvalue weighted by molar-refractivity contribution is 0.102. The number of hydrogen-bond donors (Lipinski definition) is 1. The Bertz CT molecular complexity index is 1150. The van der Waals surface area contributed by atoms with E-state index in [0.29, 0.717) is 34.4 Å². The van der Waals surface area contributed by atoms with Gasteiger partial charge in [-0.15, -0.1) is 0 Å². The number of nitrogens with one attached hydrogen (secondary N) is 1. The van der Waals surface area contributed by atoms with Crippen LogP contribution in [0.4, 0.5) is 5.69 Å². The lowest BCUT2D eigenvalue weighted by atomic mass is 10.1. The molecular weight excluding hydrogens is 382 g/mol. The second-order valence-corrected chi connectivity index (χ2v) is 6.94.